The smallest absolute Gasteiger partial charge is 0.136 e. The lowest BCUT2D eigenvalue weighted by Crippen LogP contribution is -2.07. The number of nitrogens with one attached hydrogen (secondary N) is 2. The lowest BCUT2D eigenvalue weighted by atomic mass is 10.3. The van der Waals surface area contributed by atoms with Gasteiger partial charge in [-0.3, -0.25) is 0 Å². The van der Waals surface area contributed by atoms with E-state index in [0.717, 1.165) is 40.6 Å². The molecular weight excluding hydrogens is 328 g/mol. The molecule has 0 unspecified atom stereocenters. The van der Waals surface area contributed by atoms with E-state index in [1.165, 1.54) is 12.8 Å². The van der Waals surface area contributed by atoms with Crippen LogP contribution in [0.4, 0.5) is 17.3 Å². The summed E-state index contributed by atoms with van der Waals surface area (Å²) in [6.45, 7) is 3.08. The van der Waals surface area contributed by atoms with Gasteiger partial charge in [-0.2, -0.15) is 0 Å². The summed E-state index contributed by atoms with van der Waals surface area (Å²) in [6.07, 6.45) is 3.48. The Balaban J connectivity index is 1.86. The van der Waals surface area contributed by atoms with Crippen LogP contribution in [0, 0.1) is 0 Å². The van der Waals surface area contributed by atoms with E-state index < -0.39 is 0 Å². The third kappa shape index (κ3) is 3.73. The van der Waals surface area contributed by atoms with Gasteiger partial charge in [0.15, 0.2) is 0 Å². The van der Waals surface area contributed by atoms with Crippen molar-refractivity contribution in [2.24, 2.45) is 0 Å². The Kier molecular flexibility index (Phi) is 4.39. The van der Waals surface area contributed by atoms with Crippen LogP contribution in [0.15, 0.2) is 34.8 Å². The molecule has 0 saturated heterocycles. The second-order valence-electron chi connectivity index (χ2n) is 5.30. The quantitative estimate of drug-likeness (QED) is 0.796. The molecule has 0 bridgehead atoms. The normalized spacial score (nSPS) is 14.0. The third-order valence-corrected chi connectivity index (χ3v) is 4.07. The zero-order valence-corrected chi connectivity index (χ0v) is 13.7. The number of nitrogens with zero attached hydrogens (tertiary/aromatic N) is 2. The number of halogens is 1. The molecule has 5 heteroatoms. The minimum absolute atomic E-state index is 0.535. The van der Waals surface area contributed by atoms with Crippen LogP contribution in [0.25, 0.3) is 0 Å². The van der Waals surface area contributed by atoms with Gasteiger partial charge in [0.2, 0.25) is 0 Å². The monoisotopic (exact) mass is 346 g/mol. The van der Waals surface area contributed by atoms with Gasteiger partial charge in [0.05, 0.1) is 5.69 Å². The molecule has 0 spiro atoms. The fourth-order valence-corrected chi connectivity index (χ4v) is 2.48. The van der Waals surface area contributed by atoms with Gasteiger partial charge in [-0.1, -0.05) is 19.1 Å². The maximum Gasteiger partial charge on any atom is 0.136 e. The molecule has 1 aliphatic rings. The lowest BCUT2D eigenvalue weighted by molar-refractivity contribution is 0.911. The Hall–Kier alpha value is -1.62. The number of hydrogen-bond donors (Lipinski definition) is 2. The van der Waals surface area contributed by atoms with Crippen molar-refractivity contribution in [1.82, 2.24) is 9.97 Å². The van der Waals surface area contributed by atoms with Gasteiger partial charge in [0.25, 0.3) is 0 Å². The van der Waals surface area contributed by atoms with Crippen molar-refractivity contribution in [1.29, 1.82) is 0 Å². The summed E-state index contributed by atoms with van der Waals surface area (Å²) in [5.74, 6) is 3.24. The first-order valence-corrected chi connectivity index (χ1v) is 8.20. The van der Waals surface area contributed by atoms with Crippen molar-refractivity contribution in [3.05, 3.63) is 40.6 Å². The molecular formula is C16H19BrN4. The molecule has 1 aromatic carbocycles. The molecule has 1 fully saturated rings. The summed E-state index contributed by atoms with van der Waals surface area (Å²) in [7, 11) is 0. The minimum atomic E-state index is 0.535. The number of hydrogen-bond acceptors (Lipinski definition) is 4. The maximum absolute atomic E-state index is 4.66. The molecule has 0 amide bonds. The van der Waals surface area contributed by atoms with E-state index in [1.54, 1.807) is 0 Å². The second-order valence-corrected chi connectivity index (χ2v) is 6.16. The maximum atomic E-state index is 4.66. The van der Waals surface area contributed by atoms with E-state index in [1.807, 2.05) is 30.3 Å². The Morgan fingerprint density at radius 3 is 2.67 bits per heavy atom. The number of para-hydroxylation sites is 1. The van der Waals surface area contributed by atoms with Gasteiger partial charge in [-0.05, 0) is 47.3 Å². The molecule has 0 aliphatic heterocycles. The van der Waals surface area contributed by atoms with Gasteiger partial charge >= 0.3 is 0 Å². The van der Waals surface area contributed by atoms with Gasteiger partial charge in [-0.15, -0.1) is 0 Å². The number of anilines is 3. The molecule has 1 aromatic heterocycles. The predicted octanol–water partition coefficient (Wildman–Crippen LogP) is 4.68. The summed E-state index contributed by atoms with van der Waals surface area (Å²) in [5, 5.41) is 6.73. The Morgan fingerprint density at radius 1 is 1.19 bits per heavy atom. The molecule has 0 radical (unpaired) electrons. The lowest BCUT2D eigenvalue weighted by Gasteiger charge is -2.11. The molecule has 21 heavy (non-hydrogen) atoms. The van der Waals surface area contributed by atoms with Crippen molar-refractivity contribution in [3.63, 3.8) is 0 Å². The molecule has 1 aliphatic carbocycles. The first kappa shape index (κ1) is 14.3. The zero-order valence-electron chi connectivity index (χ0n) is 12.1. The molecule has 1 saturated carbocycles. The van der Waals surface area contributed by atoms with Gasteiger partial charge in [0, 0.05) is 23.0 Å². The van der Waals surface area contributed by atoms with Crippen LogP contribution in [-0.4, -0.2) is 16.5 Å². The van der Waals surface area contributed by atoms with Crippen LogP contribution in [0.1, 0.15) is 37.9 Å². The van der Waals surface area contributed by atoms with Crippen molar-refractivity contribution in [2.45, 2.75) is 32.1 Å². The Bertz CT molecular complexity index is 625. The first-order chi connectivity index (χ1) is 10.3. The highest BCUT2D eigenvalue weighted by Crippen LogP contribution is 2.39. The zero-order chi connectivity index (χ0) is 14.7. The summed E-state index contributed by atoms with van der Waals surface area (Å²) >= 11 is 3.55. The summed E-state index contributed by atoms with van der Waals surface area (Å²) < 4.78 is 1.03. The van der Waals surface area contributed by atoms with Crippen LogP contribution in [0.3, 0.4) is 0 Å². The van der Waals surface area contributed by atoms with Gasteiger partial charge < -0.3 is 10.6 Å². The van der Waals surface area contributed by atoms with Crippen molar-refractivity contribution in [3.8, 4) is 0 Å². The van der Waals surface area contributed by atoms with Crippen LogP contribution < -0.4 is 10.6 Å². The third-order valence-electron chi connectivity index (χ3n) is 3.38. The molecule has 110 valence electrons. The average molecular weight is 347 g/mol. The van der Waals surface area contributed by atoms with Crippen LogP contribution in [-0.2, 0) is 0 Å². The fraction of sp³-hybridized carbons (Fsp3) is 0.375. The standard InChI is InChI=1S/C16H19BrN4/c1-2-9-18-14-10-15(21-16(20-14)11-7-8-11)19-13-6-4-3-5-12(13)17/h3-6,10-11H,2,7-9H2,1H3,(H2,18,19,20,21). The van der Waals surface area contributed by atoms with Crippen molar-refractivity contribution in [2.75, 3.05) is 17.2 Å². The van der Waals surface area contributed by atoms with Crippen molar-refractivity contribution < 1.29 is 0 Å². The van der Waals surface area contributed by atoms with Crippen LogP contribution in [0.2, 0.25) is 0 Å². The molecule has 2 aromatic rings. The fourth-order valence-electron chi connectivity index (χ4n) is 2.10. The predicted molar refractivity (Wildman–Crippen MR) is 90.2 cm³/mol. The van der Waals surface area contributed by atoms with E-state index in [0.29, 0.717) is 5.92 Å². The number of benzene rings is 1. The highest BCUT2D eigenvalue weighted by molar-refractivity contribution is 9.10. The van der Waals surface area contributed by atoms with E-state index in [-0.39, 0.29) is 0 Å². The van der Waals surface area contributed by atoms with Crippen molar-refractivity contribution >= 4 is 33.3 Å². The largest absolute Gasteiger partial charge is 0.370 e. The van der Waals surface area contributed by atoms with Gasteiger partial charge in [-0.25, -0.2) is 9.97 Å². The minimum Gasteiger partial charge on any atom is -0.370 e. The Morgan fingerprint density at radius 2 is 1.95 bits per heavy atom. The van der Waals surface area contributed by atoms with Crippen LogP contribution >= 0.6 is 15.9 Å². The van der Waals surface area contributed by atoms with E-state index >= 15 is 0 Å². The van der Waals surface area contributed by atoms with E-state index in [9.17, 15) is 0 Å². The number of aromatic nitrogens is 2. The van der Waals surface area contributed by atoms with Crippen LogP contribution in [0.5, 0.6) is 0 Å². The molecule has 0 atom stereocenters. The topological polar surface area (TPSA) is 49.8 Å². The van der Waals surface area contributed by atoms with Gasteiger partial charge in [0.1, 0.15) is 17.5 Å². The molecule has 4 nitrogen and oxygen atoms in total. The molecule has 2 N–H and O–H groups in total. The van der Waals surface area contributed by atoms with E-state index in [4.69, 9.17) is 0 Å². The SMILES string of the molecule is CCCNc1cc(Nc2ccccc2Br)nc(C2CC2)n1. The molecule has 3 rings (SSSR count). The Labute approximate surface area is 133 Å². The summed E-state index contributed by atoms with van der Waals surface area (Å²) in [4.78, 5) is 9.28. The average Bonchev–Trinajstić information content (AvgIpc) is 3.32. The first-order valence-electron chi connectivity index (χ1n) is 7.40. The van der Waals surface area contributed by atoms with E-state index in [2.05, 4.69) is 43.5 Å². The highest BCUT2D eigenvalue weighted by atomic mass is 79.9. The second kappa shape index (κ2) is 6.43. The summed E-state index contributed by atoms with van der Waals surface area (Å²) in [5.41, 5.74) is 1.01. The summed E-state index contributed by atoms with van der Waals surface area (Å²) in [6, 6.07) is 10.0. The number of rotatable bonds is 6. The highest BCUT2D eigenvalue weighted by Gasteiger charge is 2.27. The molecule has 1 heterocycles.